The van der Waals surface area contributed by atoms with E-state index in [1.54, 1.807) is 18.2 Å². The summed E-state index contributed by atoms with van der Waals surface area (Å²) in [6.45, 7) is 0. The van der Waals surface area contributed by atoms with Crippen LogP contribution in [-0.2, 0) is 4.74 Å². The standard InChI is InChI=1S/C15H17Cl2NO2/c1-18-10-4-3-8-15(18,9-7-10)20-14(19)11-5-2-6-12(16)13(11)17/h2,5-6,10H,3-4,7-9H2,1H3/t10-,15-/m1/s1. The minimum absolute atomic E-state index is 0.267. The van der Waals surface area contributed by atoms with Gasteiger partial charge in [0.2, 0.25) is 0 Å². The molecule has 0 unspecified atom stereocenters. The number of nitrogens with zero attached hydrogens (tertiary/aromatic N) is 1. The van der Waals surface area contributed by atoms with Crippen molar-refractivity contribution in [3.8, 4) is 0 Å². The van der Waals surface area contributed by atoms with E-state index in [0.717, 1.165) is 25.7 Å². The SMILES string of the molecule is CN1[C@@H]2CCC[C@@]1(OC(=O)c1cccc(Cl)c1Cl)CC2. The fraction of sp³-hybridized carbons (Fsp3) is 0.533. The fourth-order valence-electron chi connectivity index (χ4n) is 3.41. The summed E-state index contributed by atoms with van der Waals surface area (Å²) in [7, 11) is 2.05. The molecule has 0 N–H and O–H groups in total. The third-order valence-corrected chi connectivity index (χ3v) is 5.44. The molecular formula is C15H17Cl2NO2. The van der Waals surface area contributed by atoms with Gasteiger partial charge in [0.1, 0.15) is 0 Å². The van der Waals surface area contributed by atoms with Crippen LogP contribution in [0.2, 0.25) is 10.0 Å². The van der Waals surface area contributed by atoms with Crippen LogP contribution in [0.4, 0.5) is 0 Å². The van der Waals surface area contributed by atoms with Crippen LogP contribution in [0, 0.1) is 0 Å². The molecule has 2 aliphatic heterocycles. The monoisotopic (exact) mass is 313 g/mol. The Morgan fingerprint density at radius 1 is 1.35 bits per heavy atom. The van der Waals surface area contributed by atoms with Gasteiger partial charge >= 0.3 is 5.97 Å². The van der Waals surface area contributed by atoms with Gasteiger partial charge in [0.15, 0.2) is 5.72 Å². The second-order valence-corrected chi connectivity index (χ2v) is 6.42. The first kappa shape index (κ1) is 14.2. The number of hydrogen-bond acceptors (Lipinski definition) is 3. The summed E-state index contributed by atoms with van der Waals surface area (Å²) in [6, 6.07) is 5.57. The maximum atomic E-state index is 12.4. The molecule has 20 heavy (non-hydrogen) atoms. The molecule has 2 aliphatic rings. The molecule has 0 spiro atoms. The van der Waals surface area contributed by atoms with E-state index in [1.165, 1.54) is 6.42 Å². The van der Waals surface area contributed by atoms with Gasteiger partial charge in [-0.3, -0.25) is 4.90 Å². The van der Waals surface area contributed by atoms with E-state index in [4.69, 9.17) is 27.9 Å². The summed E-state index contributed by atoms with van der Waals surface area (Å²) in [6.07, 6.45) is 5.17. The van der Waals surface area contributed by atoms with Gasteiger partial charge in [0.05, 0.1) is 15.6 Å². The smallest absolute Gasteiger partial charge is 0.341 e. The van der Waals surface area contributed by atoms with Crippen LogP contribution >= 0.6 is 23.2 Å². The van der Waals surface area contributed by atoms with Crippen molar-refractivity contribution in [3.63, 3.8) is 0 Å². The molecule has 0 radical (unpaired) electrons. The van der Waals surface area contributed by atoms with Crippen molar-refractivity contribution in [2.45, 2.75) is 43.9 Å². The molecule has 2 saturated heterocycles. The average Bonchev–Trinajstić information content (AvgIpc) is 2.62. The number of carbonyl (C=O) groups excluding carboxylic acids is 1. The number of rotatable bonds is 2. The fourth-order valence-corrected chi connectivity index (χ4v) is 3.79. The second-order valence-electron chi connectivity index (χ2n) is 5.63. The van der Waals surface area contributed by atoms with Crippen LogP contribution < -0.4 is 0 Å². The summed E-state index contributed by atoms with van der Waals surface area (Å²) < 4.78 is 5.85. The summed E-state index contributed by atoms with van der Waals surface area (Å²) in [4.78, 5) is 14.6. The van der Waals surface area contributed by atoms with Crippen LogP contribution in [0.1, 0.15) is 42.5 Å². The zero-order valence-corrected chi connectivity index (χ0v) is 12.9. The minimum atomic E-state index is -0.453. The van der Waals surface area contributed by atoms with Crippen LogP contribution in [-0.4, -0.2) is 29.7 Å². The first-order valence-corrected chi connectivity index (χ1v) is 7.69. The van der Waals surface area contributed by atoms with Gasteiger partial charge in [-0.25, -0.2) is 4.79 Å². The predicted octanol–water partition coefficient (Wildman–Crippen LogP) is 4.12. The van der Waals surface area contributed by atoms with Crippen LogP contribution in [0.15, 0.2) is 18.2 Å². The molecule has 2 atom stereocenters. The molecule has 0 saturated carbocycles. The van der Waals surface area contributed by atoms with E-state index in [2.05, 4.69) is 4.90 Å². The molecule has 3 rings (SSSR count). The van der Waals surface area contributed by atoms with Crippen molar-refractivity contribution >= 4 is 29.2 Å². The summed E-state index contributed by atoms with van der Waals surface area (Å²) in [5.41, 5.74) is -0.109. The van der Waals surface area contributed by atoms with E-state index in [0.29, 0.717) is 16.6 Å². The Labute approximate surface area is 128 Å². The molecule has 5 heteroatoms. The maximum Gasteiger partial charge on any atom is 0.341 e. The van der Waals surface area contributed by atoms with Crippen molar-refractivity contribution in [1.29, 1.82) is 0 Å². The maximum absolute atomic E-state index is 12.4. The van der Waals surface area contributed by atoms with Crippen molar-refractivity contribution in [2.24, 2.45) is 0 Å². The van der Waals surface area contributed by atoms with Gasteiger partial charge < -0.3 is 4.74 Å². The van der Waals surface area contributed by atoms with Crippen LogP contribution in [0.25, 0.3) is 0 Å². The molecular weight excluding hydrogens is 297 g/mol. The van der Waals surface area contributed by atoms with Crippen molar-refractivity contribution in [1.82, 2.24) is 4.90 Å². The lowest BCUT2D eigenvalue weighted by atomic mass is 10.0. The van der Waals surface area contributed by atoms with Gasteiger partial charge in [-0.1, -0.05) is 29.3 Å². The first-order valence-electron chi connectivity index (χ1n) is 6.94. The number of carbonyl (C=O) groups is 1. The highest BCUT2D eigenvalue weighted by atomic mass is 35.5. The van der Waals surface area contributed by atoms with Gasteiger partial charge in [-0.15, -0.1) is 0 Å². The molecule has 2 fully saturated rings. The predicted molar refractivity (Wildman–Crippen MR) is 79.2 cm³/mol. The molecule has 1 aromatic carbocycles. The quantitative estimate of drug-likeness (QED) is 0.769. The topological polar surface area (TPSA) is 29.5 Å². The second kappa shape index (κ2) is 5.21. The third kappa shape index (κ3) is 2.22. The van der Waals surface area contributed by atoms with Crippen LogP contribution in [0.3, 0.4) is 0 Å². The Morgan fingerprint density at radius 3 is 2.95 bits per heavy atom. The lowest BCUT2D eigenvalue weighted by Gasteiger charge is -2.41. The van der Waals surface area contributed by atoms with Crippen molar-refractivity contribution in [2.75, 3.05) is 7.05 Å². The Hall–Kier alpha value is -0.770. The molecule has 108 valence electrons. The largest absolute Gasteiger partial charge is 0.440 e. The number of piperidine rings is 1. The molecule has 0 aliphatic carbocycles. The number of esters is 1. The summed E-state index contributed by atoms with van der Waals surface area (Å²) >= 11 is 12.1. The average molecular weight is 314 g/mol. The molecule has 3 nitrogen and oxygen atoms in total. The lowest BCUT2D eigenvalue weighted by molar-refractivity contribution is -0.116. The van der Waals surface area contributed by atoms with Gasteiger partial charge in [0, 0.05) is 18.9 Å². The van der Waals surface area contributed by atoms with Gasteiger partial charge in [-0.2, -0.15) is 0 Å². The zero-order chi connectivity index (χ0) is 14.3. The highest BCUT2D eigenvalue weighted by molar-refractivity contribution is 6.43. The van der Waals surface area contributed by atoms with Crippen molar-refractivity contribution in [3.05, 3.63) is 33.8 Å². The Balaban J connectivity index is 1.84. The van der Waals surface area contributed by atoms with Crippen LogP contribution in [0.5, 0.6) is 0 Å². The molecule has 0 aromatic heterocycles. The summed E-state index contributed by atoms with van der Waals surface area (Å²) in [5.74, 6) is -0.382. The molecule has 1 aromatic rings. The summed E-state index contributed by atoms with van der Waals surface area (Å²) in [5, 5.41) is 0.642. The Bertz CT molecular complexity index is 545. The van der Waals surface area contributed by atoms with Crippen molar-refractivity contribution < 1.29 is 9.53 Å². The zero-order valence-electron chi connectivity index (χ0n) is 11.4. The van der Waals surface area contributed by atoms with E-state index < -0.39 is 5.72 Å². The van der Waals surface area contributed by atoms with Gasteiger partial charge in [-0.05, 0) is 38.4 Å². The van der Waals surface area contributed by atoms with E-state index in [1.807, 2.05) is 7.05 Å². The molecule has 0 amide bonds. The third-order valence-electron chi connectivity index (χ3n) is 4.62. The molecule has 2 bridgehead atoms. The van der Waals surface area contributed by atoms with Gasteiger partial charge in [0.25, 0.3) is 0 Å². The number of fused-ring (bicyclic) bond motifs is 2. The first-order chi connectivity index (χ1) is 9.53. The highest BCUT2D eigenvalue weighted by Crippen LogP contribution is 2.44. The lowest BCUT2D eigenvalue weighted by Crippen LogP contribution is -2.50. The minimum Gasteiger partial charge on any atom is -0.440 e. The Kier molecular flexibility index (Phi) is 3.69. The highest BCUT2D eigenvalue weighted by Gasteiger charge is 2.49. The number of benzene rings is 1. The molecule has 2 heterocycles. The number of halogens is 2. The Morgan fingerprint density at radius 2 is 2.15 bits per heavy atom. The number of ether oxygens (including phenoxy) is 1. The van der Waals surface area contributed by atoms with E-state index >= 15 is 0 Å². The van der Waals surface area contributed by atoms with E-state index in [-0.39, 0.29) is 11.0 Å². The number of hydrogen-bond donors (Lipinski definition) is 0. The van der Waals surface area contributed by atoms with E-state index in [9.17, 15) is 4.79 Å². The normalized spacial score (nSPS) is 29.4.